The molecule has 102 valence electrons. The molecule has 1 N–H and O–H groups in total. The first kappa shape index (κ1) is 16.7. The van der Waals surface area contributed by atoms with Gasteiger partial charge in [-0.25, -0.2) is 0 Å². The Kier molecular flexibility index (Phi) is 13.5. The van der Waals surface area contributed by atoms with Gasteiger partial charge in [0.1, 0.15) is 0 Å². The Morgan fingerprint density at radius 3 is 1.82 bits per heavy atom. The zero-order valence-corrected chi connectivity index (χ0v) is 11.8. The summed E-state index contributed by atoms with van der Waals surface area (Å²) in [6.45, 7) is 5.90. The fraction of sp³-hybridized carbons (Fsp3) is 0.875. The van der Waals surface area contributed by atoms with Crippen LogP contribution in [-0.2, 0) is 0 Å². The third-order valence-corrected chi connectivity index (χ3v) is 3.33. The van der Waals surface area contributed by atoms with Gasteiger partial charge in [-0.05, 0) is 12.8 Å². The maximum absolute atomic E-state index is 9.50. The van der Waals surface area contributed by atoms with Gasteiger partial charge < -0.3 is 5.11 Å². The molecule has 0 aromatic heterocycles. The van der Waals surface area contributed by atoms with E-state index in [-0.39, 0.29) is 6.10 Å². The standard InChI is InChI=1S/C16H32O/c1-3-5-6-7-8-9-10-11-12-13-15-16(17)14-4-2/h4,16-17H,2-3,5-15H2,1H3. The highest BCUT2D eigenvalue weighted by Gasteiger charge is 2.00. The van der Waals surface area contributed by atoms with Crippen molar-refractivity contribution in [2.45, 2.75) is 90.1 Å². The number of hydrogen-bond donors (Lipinski definition) is 1. The van der Waals surface area contributed by atoms with Crippen LogP contribution in [0.4, 0.5) is 0 Å². The lowest BCUT2D eigenvalue weighted by Crippen LogP contribution is -2.03. The third kappa shape index (κ3) is 13.6. The molecule has 0 saturated carbocycles. The monoisotopic (exact) mass is 240 g/mol. The summed E-state index contributed by atoms with van der Waals surface area (Å²) < 4.78 is 0. The summed E-state index contributed by atoms with van der Waals surface area (Å²) in [6, 6.07) is 0. The summed E-state index contributed by atoms with van der Waals surface area (Å²) in [6.07, 6.45) is 16.9. The average molecular weight is 240 g/mol. The predicted octanol–water partition coefficient (Wildman–Crippen LogP) is 5.23. The van der Waals surface area contributed by atoms with E-state index in [2.05, 4.69) is 13.5 Å². The zero-order valence-electron chi connectivity index (χ0n) is 11.8. The van der Waals surface area contributed by atoms with Crippen molar-refractivity contribution in [3.05, 3.63) is 12.7 Å². The highest BCUT2D eigenvalue weighted by atomic mass is 16.3. The van der Waals surface area contributed by atoms with E-state index in [9.17, 15) is 5.11 Å². The maximum Gasteiger partial charge on any atom is 0.0574 e. The van der Waals surface area contributed by atoms with Crippen molar-refractivity contribution in [2.24, 2.45) is 0 Å². The molecule has 0 amide bonds. The number of hydrogen-bond acceptors (Lipinski definition) is 1. The normalized spacial score (nSPS) is 12.6. The first-order valence-corrected chi connectivity index (χ1v) is 7.60. The summed E-state index contributed by atoms with van der Waals surface area (Å²) >= 11 is 0. The second-order valence-electron chi connectivity index (χ2n) is 5.15. The van der Waals surface area contributed by atoms with Crippen molar-refractivity contribution in [1.29, 1.82) is 0 Å². The minimum Gasteiger partial charge on any atom is -0.393 e. The molecular formula is C16H32O. The van der Waals surface area contributed by atoms with Crippen LogP contribution in [0.15, 0.2) is 12.7 Å². The Morgan fingerprint density at radius 1 is 0.882 bits per heavy atom. The van der Waals surface area contributed by atoms with Crippen molar-refractivity contribution in [3.8, 4) is 0 Å². The summed E-state index contributed by atoms with van der Waals surface area (Å²) in [4.78, 5) is 0. The van der Waals surface area contributed by atoms with E-state index in [0.717, 1.165) is 12.8 Å². The van der Waals surface area contributed by atoms with Crippen LogP contribution in [0.5, 0.6) is 0 Å². The first-order valence-electron chi connectivity index (χ1n) is 7.60. The molecule has 0 saturated heterocycles. The first-order chi connectivity index (χ1) is 8.31. The van der Waals surface area contributed by atoms with Crippen molar-refractivity contribution in [2.75, 3.05) is 0 Å². The highest BCUT2D eigenvalue weighted by molar-refractivity contribution is 4.71. The fourth-order valence-electron chi connectivity index (χ4n) is 2.18. The van der Waals surface area contributed by atoms with Crippen LogP contribution in [0.2, 0.25) is 0 Å². The smallest absolute Gasteiger partial charge is 0.0574 e. The second kappa shape index (κ2) is 13.8. The van der Waals surface area contributed by atoms with E-state index in [1.165, 1.54) is 64.2 Å². The summed E-state index contributed by atoms with van der Waals surface area (Å²) in [5, 5.41) is 9.50. The Labute approximate surface area is 108 Å². The lowest BCUT2D eigenvalue weighted by Gasteiger charge is -2.07. The number of rotatable bonds is 13. The number of aliphatic hydroxyl groups excluding tert-OH is 1. The quantitative estimate of drug-likeness (QED) is 0.345. The van der Waals surface area contributed by atoms with Crippen LogP contribution < -0.4 is 0 Å². The molecule has 0 heterocycles. The van der Waals surface area contributed by atoms with Crippen LogP contribution in [0.3, 0.4) is 0 Å². The van der Waals surface area contributed by atoms with Crippen LogP contribution in [-0.4, -0.2) is 11.2 Å². The van der Waals surface area contributed by atoms with E-state index in [4.69, 9.17) is 0 Å². The molecular weight excluding hydrogens is 208 g/mol. The van der Waals surface area contributed by atoms with Crippen molar-refractivity contribution < 1.29 is 5.11 Å². The van der Waals surface area contributed by atoms with Crippen LogP contribution >= 0.6 is 0 Å². The Morgan fingerprint density at radius 2 is 1.35 bits per heavy atom. The van der Waals surface area contributed by atoms with Gasteiger partial charge in [-0.15, -0.1) is 6.58 Å². The average Bonchev–Trinajstić information content (AvgIpc) is 2.32. The molecule has 0 rings (SSSR count). The van der Waals surface area contributed by atoms with E-state index >= 15 is 0 Å². The van der Waals surface area contributed by atoms with Gasteiger partial charge in [-0.2, -0.15) is 0 Å². The second-order valence-corrected chi connectivity index (χ2v) is 5.15. The molecule has 0 aliphatic rings. The van der Waals surface area contributed by atoms with Gasteiger partial charge in [0, 0.05) is 0 Å². The summed E-state index contributed by atoms with van der Waals surface area (Å²) in [5.74, 6) is 0. The minimum absolute atomic E-state index is 0.151. The molecule has 1 nitrogen and oxygen atoms in total. The molecule has 1 atom stereocenters. The number of unbranched alkanes of at least 4 members (excludes halogenated alkanes) is 9. The molecule has 0 bridgehead atoms. The predicted molar refractivity (Wildman–Crippen MR) is 77.3 cm³/mol. The molecule has 0 aliphatic carbocycles. The lowest BCUT2D eigenvalue weighted by molar-refractivity contribution is 0.164. The van der Waals surface area contributed by atoms with Gasteiger partial charge in [-0.1, -0.05) is 77.2 Å². The highest BCUT2D eigenvalue weighted by Crippen LogP contribution is 2.12. The molecule has 1 heteroatoms. The van der Waals surface area contributed by atoms with Gasteiger partial charge >= 0.3 is 0 Å². The molecule has 0 radical (unpaired) electrons. The van der Waals surface area contributed by atoms with Gasteiger partial charge in [0.05, 0.1) is 6.10 Å². The molecule has 0 aromatic carbocycles. The lowest BCUT2D eigenvalue weighted by atomic mass is 10.0. The molecule has 0 fully saturated rings. The minimum atomic E-state index is -0.151. The van der Waals surface area contributed by atoms with E-state index in [1.807, 2.05) is 0 Å². The molecule has 17 heavy (non-hydrogen) atoms. The Bertz CT molecular complexity index is 154. The Hall–Kier alpha value is -0.300. The van der Waals surface area contributed by atoms with Crippen LogP contribution in [0.25, 0.3) is 0 Å². The van der Waals surface area contributed by atoms with Crippen molar-refractivity contribution >= 4 is 0 Å². The van der Waals surface area contributed by atoms with E-state index in [0.29, 0.717) is 0 Å². The largest absolute Gasteiger partial charge is 0.393 e. The Balaban J connectivity index is 3.00. The zero-order chi connectivity index (χ0) is 12.8. The summed E-state index contributed by atoms with van der Waals surface area (Å²) in [7, 11) is 0. The molecule has 0 aromatic rings. The fourth-order valence-corrected chi connectivity index (χ4v) is 2.18. The van der Waals surface area contributed by atoms with Crippen LogP contribution in [0, 0.1) is 0 Å². The maximum atomic E-state index is 9.50. The SMILES string of the molecule is C=CCC(O)CCCCCCCCCCCC. The van der Waals surface area contributed by atoms with Crippen LogP contribution in [0.1, 0.15) is 84.0 Å². The van der Waals surface area contributed by atoms with Crippen molar-refractivity contribution in [3.63, 3.8) is 0 Å². The van der Waals surface area contributed by atoms with Gasteiger partial charge in [0.15, 0.2) is 0 Å². The third-order valence-electron chi connectivity index (χ3n) is 3.33. The number of aliphatic hydroxyl groups is 1. The summed E-state index contributed by atoms with van der Waals surface area (Å²) in [5.41, 5.74) is 0. The van der Waals surface area contributed by atoms with E-state index < -0.39 is 0 Å². The molecule has 0 spiro atoms. The molecule has 1 unspecified atom stereocenters. The van der Waals surface area contributed by atoms with E-state index in [1.54, 1.807) is 6.08 Å². The van der Waals surface area contributed by atoms with Crippen molar-refractivity contribution in [1.82, 2.24) is 0 Å². The van der Waals surface area contributed by atoms with Gasteiger partial charge in [0.2, 0.25) is 0 Å². The van der Waals surface area contributed by atoms with Gasteiger partial charge in [-0.3, -0.25) is 0 Å². The molecule has 0 aliphatic heterocycles. The van der Waals surface area contributed by atoms with Gasteiger partial charge in [0.25, 0.3) is 0 Å². The topological polar surface area (TPSA) is 20.2 Å².